The maximum atomic E-state index is 11.8. The molecule has 2 rings (SSSR count). The van der Waals surface area contributed by atoms with Gasteiger partial charge in [0.15, 0.2) is 0 Å². The molecule has 0 aliphatic carbocycles. The van der Waals surface area contributed by atoms with E-state index in [0.717, 1.165) is 5.56 Å². The van der Waals surface area contributed by atoms with E-state index >= 15 is 0 Å². The van der Waals surface area contributed by atoms with Crippen molar-refractivity contribution < 1.29 is 13.2 Å². The Morgan fingerprint density at radius 1 is 1.61 bits per heavy atom. The molecule has 1 saturated heterocycles. The van der Waals surface area contributed by atoms with Crippen LogP contribution in [0.15, 0.2) is 5.38 Å². The lowest BCUT2D eigenvalue weighted by atomic mass is 10.2. The van der Waals surface area contributed by atoms with Gasteiger partial charge < -0.3 is 4.90 Å². The Labute approximate surface area is 113 Å². The van der Waals surface area contributed by atoms with Gasteiger partial charge in [-0.2, -0.15) is 5.26 Å². The second-order valence-corrected chi connectivity index (χ2v) is 7.78. The van der Waals surface area contributed by atoms with E-state index in [-0.39, 0.29) is 18.9 Å². The molecule has 2 heterocycles. The monoisotopic (exact) mass is 304 g/mol. The maximum absolute atomic E-state index is 11.8. The van der Waals surface area contributed by atoms with Crippen LogP contribution in [0.2, 0.25) is 0 Å². The van der Waals surface area contributed by atoms with Crippen LogP contribution in [-0.4, -0.2) is 26.1 Å². The number of carbonyl (C=O) groups is 1. The quantitative estimate of drug-likeness (QED) is 0.778. The molecule has 18 heavy (non-hydrogen) atoms. The average molecular weight is 305 g/mol. The highest BCUT2D eigenvalue weighted by Gasteiger charge is 2.39. The zero-order valence-corrected chi connectivity index (χ0v) is 11.8. The Bertz CT molecular complexity index is 645. The first-order chi connectivity index (χ1) is 8.34. The van der Waals surface area contributed by atoms with Gasteiger partial charge in [-0.05, 0) is 17.9 Å². The van der Waals surface area contributed by atoms with Crippen LogP contribution in [0.25, 0.3) is 0 Å². The molecule has 0 radical (unpaired) electrons. The lowest BCUT2D eigenvalue weighted by Crippen LogP contribution is -2.26. The summed E-state index contributed by atoms with van der Waals surface area (Å²) in [5, 5.41) is 10.4. The number of hydrogen-bond acceptors (Lipinski definition) is 5. The van der Waals surface area contributed by atoms with Gasteiger partial charge in [0, 0.05) is 23.6 Å². The first-order valence-corrected chi connectivity index (χ1v) is 8.32. The molecule has 1 aromatic rings. The SMILES string of the molecule is Cc1csc(N2CC(S(=O)(=O)Cl)CC2=O)c1C#N. The number of nitriles is 1. The molecule has 1 fully saturated rings. The van der Waals surface area contributed by atoms with Crippen LogP contribution in [0.3, 0.4) is 0 Å². The van der Waals surface area contributed by atoms with Gasteiger partial charge in [0.05, 0.1) is 5.56 Å². The van der Waals surface area contributed by atoms with Crippen molar-refractivity contribution in [1.29, 1.82) is 5.26 Å². The van der Waals surface area contributed by atoms with Crippen molar-refractivity contribution in [3.05, 3.63) is 16.5 Å². The third kappa shape index (κ3) is 2.23. The van der Waals surface area contributed by atoms with E-state index in [1.165, 1.54) is 16.2 Å². The highest BCUT2D eigenvalue weighted by molar-refractivity contribution is 8.14. The minimum absolute atomic E-state index is 0.0132. The van der Waals surface area contributed by atoms with Crippen molar-refractivity contribution in [3.8, 4) is 6.07 Å². The zero-order valence-electron chi connectivity index (χ0n) is 9.38. The lowest BCUT2D eigenvalue weighted by Gasteiger charge is -2.14. The zero-order chi connectivity index (χ0) is 13.5. The predicted octanol–water partition coefficient (Wildman–Crippen LogP) is 1.60. The molecule has 0 bridgehead atoms. The molecule has 0 saturated carbocycles. The van der Waals surface area contributed by atoms with Crippen molar-refractivity contribution in [2.24, 2.45) is 0 Å². The fourth-order valence-corrected chi connectivity index (χ4v) is 3.89. The van der Waals surface area contributed by atoms with Crippen LogP contribution in [0, 0.1) is 18.3 Å². The van der Waals surface area contributed by atoms with E-state index in [9.17, 15) is 13.2 Å². The van der Waals surface area contributed by atoms with E-state index in [4.69, 9.17) is 15.9 Å². The Hall–Kier alpha value is -1.10. The van der Waals surface area contributed by atoms with Crippen molar-refractivity contribution in [2.45, 2.75) is 18.6 Å². The van der Waals surface area contributed by atoms with Gasteiger partial charge in [0.1, 0.15) is 16.3 Å². The number of nitrogens with zero attached hydrogens (tertiary/aromatic N) is 2. The van der Waals surface area contributed by atoms with Gasteiger partial charge in [-0.15, -0.1) is 11.3 Å². The van der Waals surface area contributed by atoms with Crippen LogP contribution in [-0.2, 0) is 13.8 Å². The molecule has 1 aliphatic rings. The maximum Gasteiger partial charge on any atom is 0.237 e. The molecule has 5 nitrogen and oxygen atoms in total. The van der Waals surface area contributed by atoms with Crippen LogP contribution in [0.5, 0.6) is 0 Å². The molecule has 8 heteroatoms. The average Bonchev–Trinajstić information content (AvgIpc) is 2.80. The van der Waals surface area contributed by atoms with Crippen molar-refractivity contribution >= 4 is 42.0 Å². The van der Waals surface area contributed by atoms with Gasteiger partial charge in [-0.25, -0.2) is 8.42 Å². The summed E-state index contributed by atoms with van der Waals surface area (Å²) in [5.74, 6) is -0.317. The number of aryl methyl sites for hydroxylation is 1. The van der Waals surface area contributed by atoms with Crippen LogP contribution >= 0.6 is 22.0 Å². The molecule has 0 spiro atoms. The summed E-state index contributed by atoms with van der Waals surface area (Å²) in [6, 6.07) is 2.03. The molecule has 1 aromatic heterocycles. The first kappa shape index (κ1) is 13.3. The number of carbonyl (C=O) groups excluding carboxylic acids is 1. The lowest BCUT2D eigenvalue weighted by molar-refractivity contribution is -0.117. The Morgan fingerprint density at radius 3 is 2.78 bits per heavy atom. The van der Waals surface area contributed by atoms with E-state index in [1.807, 2.05) is 6.07 Å². The number of rotatable bonds is 2. The second-order valence-electron chi connectivity index (χ2n) is 4.02. The Kier molecular flexibility index (Phi) is 3.36. The van der Waals surface area contributed by atoms with Crippen molar-refractivity contribution in [3.63, 3.8) is 0 Å². The number of hydrogen-bond donors (Lipinski definition) is 0. The normalized spacial score (nSPS) is 20.2. The topological polar surface area (TPSA) is 78.2 Å². The van der Waals surface area contributed by atoms with Gasteiger partial charge >= 0.3 is 0 Å². The number of thiophene rings is 1. The summed E-state index contributed by atoms with van der Waals surface area (Å²) in [6.45, 7) is 1.79. The predicted molar refractivity (Wildman–Crippen MR) is 69.3 cm³/mol. The van der Waals surface area contributed by atoms with Gasteiger partial charge in [0.25, 0.3) is 0 Å². The number of anilines is 1. The molecular weight excluding hydrogens is 296 g/mol. The second kappa shape index (κ2) is 4.53. The van der Waals surface area contributed by atoms with Gasteiger partial charge in [-0.3, -0.25) is 4.79 Å². The molecule has 96 valence electrons. The summed E-state index contributed by atoms with van der Waals surface area (Å²) in [5.41, 5.74) is 1.20. The van der Waals surface area contributed by atoms with E-state index in [0.29, 0.717) is 10.6 Å². The van der Waals surface area contributed by atoms with Crippen LogP contribution < -0.4 is 4.90 Å². The summed E-state index contributed by atoms with van der Waals surface area (Å²) in [7, 11) is 1.51. The van der Waals surface area contributed by atoms with Gasteiger partial charge in [0.2, 0.25) is 15.0 Å². The Morgan fingerprint density at radius 2 is 2.28 bits per heavy atom. The fourth-order valence-electron chi connectivity index (χ4n) is 1.83. The van der Waals surface area contributed by atoms with Crippen LogP contribution in [0.4, 0.5) is 5.00 Å². The van der Waals surface area contributed by atoms with Gasteiger partial charge in [-0.1, -0.05) is 0 Å². The van der Waals surface area contributed by atoms with Crippen molar-refractivity contribution in [1.82, 2.24) is 0 Å². The summed E-state index contributed by atoms with van der Waals surface area (Å²) in [6.07, 6.45) is -0.131. The van der Waals surface area contributed by atoms with Crippen molar-refractivity contribution in [2.75, 3.05) is 11.4 Å². The number of amides is 1. The standard InChI is InChI=1S/C10H9ClN2O3S2/c1-6-5-17-10(8(6)3-12)13-4-7(2-9(13)14)18(11,15)16/h5,7H,2,4H2,1H3. The molecule has 1 aliphatic heterocycles. The largest absolute Gasteiger partial charge is 0.301 e. The minimum atomic E-state index is -3.76. The highest BCUT2D eigenvalue weighted by Crippen LogP contribution is 2.35. The van der Waals surface area contributed by atoms with Crippen LogP contribution in [0.1, 0.15) is 17.5 Å². The minimum Gasteiger partial charge on any atom is -0.301 e. The summed E-state index contributed by atoms with van der Waals surface area (Å²) < 4.78 is 22.5. The first-order valence-electron chi connectivity index (χ1n) is 5.06. The fraction of sp³-hybridized carbons (Fsp3) is 0.400. The third-order valence-corrected chi connectivity index (χ3v) is 5.79. The molecule has 1 unspecified atom stereocenters. The summed E-state index contributed by atoms with van der Waals surface area (Å²) >= 11 is 1.26. The van der Waals surface area contributed by atoms with E-state index in [2.05, 4.69) is 0 Å². The van der Waals surface area contributed by atoms with E-state index < -0.39 is 14.3 Å². The number of halogens is 1. The Balaban J connectivity index is 2.37. The highest BCUT2D eigenvalue weighted by atomic mass is 35.7. The summed E-state index contributed by atoms with van der Waals surface area (Å²) in [4.78, 5) is 13.1. The molecule has 0 aromatic carbocycles. The molecule has 0 N–H and O–H groups in total. The third-order valence-electron chi connectivity index (χ3n) is 2.80. The molecule has 1 amide bonds. The molecule has 1 atom stereocenters. The van der Waals surface area contributed by atoms with E-state index in [1.54, 1.807) is 12.3 Å². The molecular formula is C10H9ClN2O3S2. The smallest absolute Gasteiger partial charge is 0.237 e.